The number of aromatic hydroxyl groups is 1. The summed E-state index contributed by atoms with van der Waals surface area (Å²) in [5, 5.41) is 12.8. The summed E-state index contributed by atoms with van der Waals surface area (Å²) in [6.07, 6.45) is 0. The third kappa shape index (κ3) is 3.41. The van der Waals surface area contributed by atoms with Gasteiger partial charge in [-0.1, -0.05) is 23.2 Å². The standard InChI is InChI=1S/C13H8BrCl2NO2/c14-10-3-1-7(5-12(10)16)17-13(19)9-6-8(18)2-4-11(9)15/h1-6,18H,(H,17,19). The van der Waals surface area contributed by atoms with Crippen LogP contribution in [0.5, 0.6) is 5.75 Å². The number of amides is 1. The Kier molecular flexibility index (Phi) is 4.34. The minimum absolute atomic E-state index is 0.0246. The zero-order valence-electron chi connectivity index (χ0n) is 9.45. The number of anilines is 1. The molecule has 0 spiro atoms. The molecule has 6 heteroatoms. The number of carbonyl (C=O) groups excluding carboxylic acids is 1. The second kappa shape index (κ2) is 5.82. The molecule has 0 unspecified atom stereocenters. The van der Waals surface area contributed by atoms with Crippen molar-refractivity contribution < 1.29 is 9.90 Å². The molecule has 0 saturated heterocycles. The van der Waals surface area contributed by atoms with Crippen LogP contribution in [-0.4, -0.2) is 11.0 Å². The zero-order chi connectivity index (χ0) is 14.0. The number of phenolic OH excluding ortho intramolecular Hbond substituents is 1. The smallest absolute Gasteiger partial charge is 0.257 e. The first-order valence-corrected chi connectivity index (χ1v) is 6.77. The quantitative estimate of drug-likeness (QED) is 0.814. The summed E-state index contributed by atoms with van der Waals surface area (Å²) in [5.74, 6) is -0.442. The number of rotatable bonds is 2. The van der Waals surface area contributed by atoms with E-state index in [0.29, 0.717) is 10.7 Å². The normalized spacial score (nSPS) is 10.3. The number of phenols is 1. The average Bonchev–Trinajstić information content (AvgIpc) is 2.36. The van der Waals surface area contributed by atoms with Crippen LogP contribution in [0.15, 0.2) is 40.9 Å². The van der Waals surface area contributed by atoms with Gasteiger partial charge in [-0.05, 0) is 52.3 Å². The van der Waals surface area contributed by atoms with Crippen molar-refractivity contribution in [1.82, 2.24) is 0 Å². The van der Waals surface area contributed by atoms with Crippen LogP contribution in [-0.2, 0) is 0 Å². The summed E-state index contributed by atoms with van der Waals surface area (Å²) in [7, 11) is 0. The number of benzene rings is 2. The summed E-state index contributed by atoms with van der Waals surface area (Å²) in [6, 6.07) is 9.21. The fourth-order valence-electron chi connectivity index (χ4n) is 1.46. The first-order chi connectivity index (χ1) is 8.97. The molecule has 0 heterocycles. The Bertz CT molecular complexity index is 647. The summed E-state index contributed by atoms with van der Waals surface area (Å²) in [5.41, 5.74) is 0.735. The van der Waals surface area contributed by atoms with Gasteiger partial charge in [-0.3, -0.25) is 4.79 Å². The monoisotopic (exact) mass is 359 g/mol. The highest BCUT2D eigenvalue weighted by Crippen LogP contribution is 2.27. The van der Waals surface area contributed by atoms with E-state index in [9.17, 15) is 9.90 Å². The largest absolute Gasteiger partial charge is 0.508 e. The van der Waals surface area contributed by atoms with Gasteiger partial charge in [0.1, 0.15) is 5.75 Å². The number of hydrogen-bond acceptors (Lipinski definition) is 2. The highest BCUT2D eigenvalue weighted by molar-refractivity contribution is 9.10. The van der Waals surface area contributed by atoms with Crippen molar-refractivity contribution in [3.05, 3.63) is 56.5 Å². The predicted octanol–water partition coefficient (Wildman–Crippen LogP) is 4.71. The van der Waals surface area contributed by atoms with E-state index in [2.05, 4.69) is 21.2 Å². The van der Waals surface area contributed by atoms with Crippen LogP contribution >= 0.6 is 39.1 Å². The average molecular weight is 361 g/mol. The Morgan fingerprint density at radius 1 is 1.11 bits per heavy atom. The molecule has 19 heavy (non-hydrogen) atoms. The van der Waals surface area contributed by atoms with E-state index < -0.39 is 5.91 Å². The van der Waals surface area contributed by atoms with Crippen LogP contribution in [0.3, 0.4) is 0 Å². The van der Waals surface area contributed by atoms with Crippen molar-refractivity contribution in [2.75, 3.05) is 5.32 Å². The van der Waals surface area contributed by atoms with Gasteiger partial charge < -0.3 is 10.4 Å². The van der Waals surface area contributed by atoms with Gasteiger partial charge in [0.25, 0.3) is 5.91 Å². The molecule has 2 rings (SSSR count). The fourth-order valence-corrected chi connectivity index (χ4v) is 2.09. The van der Waals surface area contributed by atoms with Crippen molar-refractivity contribution >= 4 is 50.7 Å². The van der Waals surface area contributed by atoms with E-state index in [0.717, 1.165) is 4.47 Å². The topological polar surface area (TPSA) is 49.3 Å². The van der Waals surface area contributed by atoms with Crippen molar-refractivity contribution in [3.8, 4) is 5.75 Å². The van der Waals surface area contributed by atoms with Crippen molar-refractivity contribution in [3.63, 3.8) is 0 Å². The van der Waals surface area contributed by atoms with E-state index in [1.807, 2.05) is 0 Å². The molecule has 0 aliphatic heterocycles. The van der Waals surface area contributed by atoms with Gasteiger partial charge in [-0.2, -0.15) is 0 Å². The van der Waals surface area contributed by atoms with E-state index in [-0.39, 0.29) is 16.3 Å². The second-order valence-corrected chi connectivity index (χ2v) is 5.42. The molecule has 2 aromatic rings. The fraction of sp³-hybridized carbons (Fsp3) is 0. The Hall–Kier alpha value is -1.23. The molecule has 98 valence electrons. The van der Waals surface area contributed by atoms with Gasteiger partial charge >= 0.3 is 0 Å². The molecule has 0 bridgehead atoms. The molecule has 2 aromatic carbocycles. The lowest BCUT2D eigenvalue weighted by Gasteiger charge is -2.08. The number of halogens is 3. The number of carbonyl (C=O) groups is 1. The third-order valence-corrected chi connectivity index (χ3v) is 3.93. The zero-order valence-corrected chi connectivity index (χ0v) is 12.6. The number of nitrogens with one attached hydrogen (secondary N) is 1. The van der Waals surface area contributed by atoms with Crippen LogP contribution in [0.4, 0.5) is 5.69 Å². The SMILES string of the molecule is O=C(Nc1ccc(Br)c(Cl)c1)c1cc(O)ccc1Cl. The Balaban J connectivity index is 2.25. The molecule has 0 atom stereocenters. The van der Waals surface area contributed by atoms with Crippen LogP contribution in [0, 0.1) is 0 Å². The van der Waals surface area contributed by atoms with Gasteiger partial charge in [0.15, 0.2) is 0 Å². The molecule has 2 N–H and O–H groups in total. The first-order valence-electron chi connectivity index (χ1n) is 5.22. The summed E-state index contributed by atoms with van der Waals surface area (Å²) < 4.78 is 0.738. The summed E-state index contributed by atoms with van der Waals surface area (Å²) >= 11 is 15.1. The highest BCUT2D eigenvalue weighted by Gasteiger charge is 2.12. The van der Waals surface area contributed by atoms with Gasteiger partial charge in [-0.25, -0.2) is 0 Å². The minimum Gasteiger partial charge on any atom is -0.508 e. The molecule has 1 amide bonds. The van der Waals surface area contributed by atoms with E-state index in [1.165, 1.54) is 18.2 Å². The van der Waals surface area contributed by atoms with E-state index in [1.54, 1.807) is 18.2 Å². The van der Waals surface area contributed by atoms with E-state index in [4.69, 9.17) is 23.2 Å². The molecular formula is C13H8BrCl2NO2. The van der Waals surface area contributed by atoms with Crippen LogP contribution in [0.2, 0.25) is 10.0 Å². The van der Waals surface area contributed by atoms with Gasteiger partial charge in [-0.15, -0.1) is 0 Å². The van der Waals surface area contributed by atoms with Gasteiger partial charge in [0.2, 0.25) is 0 Å². The van der Waals surface area contributed by atoms with Crippen LogP contribution < -0.4 is 5.32 Å². The molecular weight excluding hydrogens is 353 g/mol. The number of hydrogen-bond donors (Lipinski definition) is 2. The second-order valence-electron chi connectivity index (χ2n) is 3.75. The predicted molar refractivity (Wildman–Crippen MR) is 80.2 cm³/mol. The van der Waals surface area contributed by atoms with Crippen LogP contribution in [0.25, 0.3) is 0 Å². The van der Waals surface area contributed by atoms with E-state index >= 15 is 0 Å². The molecule has 3 nitrogen and oxygen atoms in total. The lowest BCUT2D eigenvalue weighted by molar-refractivity contribution is 0.102. The maximum absolute atomic E-state index is 12.0. The Morgan fingerprint density at radius 3 is 2.53 bits per heavy atom. The van der Waals surface area contributed by atoms with Crippen molar-refractivity contribution in [2.45, 2.75) is 0 Å². The Morgan fingerprint density at radius 2 is 1.84 bits per heavy atom. The van der Waals surface area contributed by atoms with Gasteiger partial charge in [0.05, 0.1) is 15.6 Å². The maximum Gasteiger partial charge on any atom is 0.257 e. The highest BCUT2D eigenvalue weighted by atomic mass is 79.9. The van der Waals surface area contributed by atoms with Crippen molar-refractivity contribution in [1.29, 1.82) is 0 Å². The molecule has 0 aromatic heterocycles. The van der Waals surface area contributed by atoms with Crippen LogP contribution in [0.1, 0.15) is 10.4 Å². The molecule has 0 saturated carbocycles. The molecule has 0 fully saturated rings. The summed E-state index contributed by atoms with van der Waals surface area (Å²) in [6.45, 7) is 0. The third-order valence-electron chi connectivity index (χ3n) is 2.37. The van der Waals surface area contributed by atoms with Crippen molar-refractivity contribution in [2.24, 2.45) is 0 Å². The Labute approximate surface area is 128 Å². The maximum atomic E-state index is 12.0. The lowest BCUT2D eigenvalue weighted by atomic mass is 10.2. The summed E-state index contributed by atoms with van der Waals surface area (Å²) in [4.78, 5) is 12.0. The van der Waals surface area contributed by atoms with Gasteiger partial charge in [0, 0.05) is 10.2 Å². The molecule has 0 aliphatic carbocycles. The molecule has 0 radical (unpaired) electrons. The first kappa shape index (κ1) is 14.2. The minimum atomic E-state index is -0.417. The molecule has 0 aliphatic rings. The lowest BCUT2D eigenvalue weighted by Crippen LogP contribution is -2.12.